The smallest absolute Gasteiger partial charge is 0.341 e. The fraction of sp³-hybridized carbons (Fsp3) is 0.500. The minimum Gasteiger partial charge on any atom is -0.465 e. The number of carbonyl (C=O) groups excluding carboxylic acids is 1. The molecule has 0 radical (unpaired) electrons. The van der Waals surface area contributed by atoms with Gasteiger partial charge < -0.3 is 19.9 Å². The zero-order valence-corrected chi connectivity index (χ0v) is 21.1. The Labute approximate surface area is 204 Å². The van der Waals surface area contributed by atoms with Crippen LogP contribution in [0.4, 0.5) is 10.7 Å². The molecule has 0 atom stereocenters. The molecule has 2 heterocycles. The average Bonchev–Trinajstić information content (AvgIpc) is 3.10. The maximum atomic E-state index is 12.7. The minimum atomic E-state index is -0.269. The fourth-order valence-corrected chi connectivity index (χ4v) is 6.37. The van der Waals surface area contributed by atoms with Crippen LogP contribution in [0.3, 0.4) is 0 Å². The molecule has 2 aromatic rings. The highest BCUT2D eigenvalue weighted by Crippen LogP contribution is 2.38. The molecule has 172 valence electrons. The Morgan fingerprint density at radius 1 is 1.12 bits per heavy atom. The Morgan fingerprint density at radius 2 is 1.84 bits per heavy atom. The summed E-state index contributed by atoms with van der Waals surface area (Å²) in [6.45, 7) is 5.48. The van der Waals surface area contributed by atoms with Gasteiger partial charge in [-0.1, -0.05) is 30.5 Å². The summed E-state index contributed by atoms with van der Waals surface area (Å²) in [5, 5.41) is 5.67. The van der Waals surface area contributed by atoms with Gasteiger partial charge in [0.25, 0.3) is 0 Å². The molecule has 32 heavy (non-hydrogen) atoms. The quantitative estimate of drug-likeness (QED) is 0.440. The fourth-order valence-electron chi connectivity index (χ4n) is 4.58. The van der Waals surface area contributed by atoms with Crippen LogP contribution in [0.15, 0.2) is 18.2 Å². The SMILES string of the molecule is COC(=O)c1c(NC(=S)N2CCN(c3cc(Cl)ccc3C)CC2)sc2c1CCCCCC2. The van der Waals surface area contributed by atoms with E-state index in [-0.39, 0.29) is 5.97 Å². The number of nitrogens with zero attached hydrogens (tertiary/aromatic N) is 2. The third-order valence-electron chi connectivity index (χ3n) is 6.36. The van der Waals surface area contributed by atoms with Crippen LogP contribution in [0.25, 0.3) is 0 Å². The zero-order valence-electron chi connectivity index (χ0n) is 18.7. The van der Waals surface area contributed by atoms with Gasteiger partial charge in [-0.2, -0.15) is 0 Å². The summed E-state index contributed by atoms with van der Waals surface area (Å²) in [6.07, 6.45) is 6.71. The molecule has 1 aromatic heterocycles. The lowest BCUT2D eigenvalue weighted by Crippen LogP contribution is -2.50. The second-order valence-corrected chi connectivity index (χ2v) is 10.4. The number of aryl methyl sites for hydroxylation is 2. The average molecular weight is 492 g/mol. The van der Waals surface area contributed by atoms with E-state index < -0.39 is 0 Å². The number of carbonyl (C=O) groups is 1. The molecule has 0 amide bonds. The molecule has 1 N–H and O–H groups in total. The van der Waals surface area contributed by atoms with Crippen LogP contribution in [-0.2, 0) is 17.6 Å². The van der Waals surface area contributed by atoms with E-state index in [2.05, 4.69) is 28.1 Å². The predicted octanol–water partition coefficient (Wildman–Crippen LogP) is 5.67. The Morgan fingerprint density at radius 3 is 2.56 bits per heavy atom. The molecule has 0 unspecified atom stereocenters. The van der Waals surface area contributed by atoms with E-state index in [9.17, 15) is 4.79 Å². The first-order valence-electron chi connectivity index (χ1n) is 11.3. The molecule has 2 aliphatic rings. The van der Waals surface area contributed by atoms with E-state index in [1.807, 2.05) is 12.1 Å². The number of fused-ring (bicyclic) bond motifs is 1. The minimum absolute atomic E-state index is 0.269. The van der Waals surface area contributed by atoms with Crippen LogP contribution in [0, 0.1) is 6.92 Å². The van der Waals surface area contributed by atoms with E-state index in [0.717, 1.165) is 61.0 Å². The van der Waals surface area contributed by atoms with Gasteiger partial charge >= 0.3 is 5.97 Å². The van der Waals surface area contributed by atoms with Gasteiger partial charge in [0.15, 0.2) is 5.11 Å². The maximum absolute atomic E-state index is 12.7. The van der Waals surface area contributed by atoms with Gasteiger partial charge in [-0.25, -0.2) is 4.79 Å². The molecule has 1 aliphatic carbocycles. The van der Waals surface area contributed by atoms with Crippen LogP contribution >= 0.6 is 35.2 Å². The van der Waals surface area contributed by atoms with Crippen LogP contribution in [-0.4, -0.2) is 49.3 Å². The second kappa shape index (κ2) is 10.4. The molecule has 1 saturated heterocycles. The summed E-state index contributed by atoms with van der Waals surface area (Å²) in [6, 6.07) is 6.03. The molecule has 4 rings (SSSR count). The van der Waals surface area contributed by atoms with Crippen molar-refractivity contribution >= 4 is 56.9 Å². The highest BCUT2D eigenvalue weighted by atomic mass is 35.5. The first kappa shape index (κ1) is 23.3. The van der Waals surface area contributed by atoms with Gasteiger partial charge in [-0.15, -0.1) is 11.3 Å². The Hall–Kier alpha value is -1.83. The monoisotopic (exact) mass is 491 g/mol. The van der Waals surface area contributed by atoms with Gasteiger partial charge in [0.2, 0.25) is 0 Å². The lowest BCUT2D eigenvalue weighted by atomic mass is 9.96. The van der Waals surface area contributed by atoms with Crippen LogP contribution in [0.1, 0.15) is 52.0 Å². The summed E-state index contributed by atoms with van der Waals surface area (Å²) in [7, 11) is 1.45. The lowest BCUT2D eigenvalue weighted by molar-refractivity contribution is 0.0601. The van der Waals surface area contributed by atoms with Crippen molar-refractivity contribution in [1.82, 2.24) is 4.90 Å². The van der Waals surface area contributed by atoms with E-state index in [1.165, 1.54) is 42.5 Å². The summed E-state index contributed by atoms with van der Waals surface area (Å²) in [5.74, 6) is -0.269. The molecule has 1 fully saturated rings. The van der Waals surface area contributed by atoms with Crippen LogP contribution < -0.4 is 10.2 Å². The van der Waals surface area contributed by atoms with E-state index in [0.29, 0.717) is 10.7 Å². The van der Waals surface area contributed by atoms with Crippen molar-refractivity contribution in [3.63, 3.8) is 0 Å². The number of ether oxygens (including phenoxy) is 1. The Balaban J connectivity index is 1.47. The van der Waals surface area contributed by atoms with Gasteiger partial charge in [0.05, 0.1) is 12.7 Å². The van der Waals surface area contributed by atoms with E-state index >= 15 is 0 Å². The number of esters is 1. The Bertz CT molecular complexity index is 999. The second-order valence-electron chi connectivity index (χ2n) is 8.45. The number of benzene rings is 1. The van der Waals surface area contributed by atoms with Crippen molar-refractivity contribution in [2.45, 2.75) is 45.4 Å². The summed E-state index contributed by atoms with van der Waals surface area (Å²) >= 11 is 13.7. The molecule has 0 saturated carbocycles. The lowest BCUT2D eigenvalue weighted by Gasteiger charge is -2.38. The highest BCUT2D eigenvalue weighted by molar-refractivity contribution is 7.80. The number of anilines is 2. The molecule has 0 bridgehead atoms. The topological polar surface area (TPSA) is 44.8 Å². The first-order valence-corrected chi connectivity index (χ1v) is 12.9. The molecule has 0 spiro atoms. The molecular weight excluding hydrogens is 462 g/mol. The van der Waals surface area contributed by atoms with Crippen molar-refractivity contribution < 1.29 is 9.53 Å². The van der Waals surface area contributed by atoms with Crippen molar-refractivity contribution in [2.75, 3.05) is 43.5 Å². The number of thiocarbonyl (C=S) groups is 1. The van der Waals surface area contributed by atoms with Crippen molar-refractivity contribution in [3.8, 4) is 0 Å². The first-order chi connectivity index (χ1) is 15.5. The van der Waals surface area contributed by atoms with Gasteiger partial charge in [0, 0.05) is 41.8 Å². The molecule has 5 nitrogen and oxygen atoms in total. The number of hydrogen-bond acceptors (Lipinski definition) is 5. The molecule has 8 heteroatoms. The normalized spacial score (nSPS) is 16.7. The zero-order chi connectivity index (χ0) is 22.7. The number of rotatable bonds is 3. The third kappa shape index (κ3) is 5.05. The Kier molecular flexibility index (Phi) is 7.59. The van der Waals surface area contributed by atoms with Crippen molar-refractivity contribution in [2.24, 2.45) is 0 Å². The van der Waals surface area contributed by atoms with Crippen LogP contribution in [0.5, 0.6) is 0 Å². The van der Waals surface area contributed by atoms with Crippen LogP contribution in [0.2, 0.25) is 5.02 Å². The maximum Gasteiger partial charge on any atom is 0.341 e. The van der Waals surface area contributed by atoms with Gasteiger partial charge in [-0.3, -0.25) is 0 Å². The number of thiophene rings is 1. The summed E-state index contributed by atoms with van der Waals surface area (Å²) < 4.78 is 5.14. The van der Waals surface area contributed by atoms with E-state index in [4.69, 9.17) is 28.6 Å². The number of methoxy groups -OCH3 is 1. The predicted molar refractivity (Wildman–Crippen MR) is 138 cm³/mol. The summed E-state index contributed by atoms with van der Waals surface area (Å²) in [5.41, 5.74) is 4.25. The molecule has 1 aromatic carbocycles. The molecule has 1 aliphatic heterocycles. The standard InChI is InChI=1S/C24H30ClN3O2S2/c1-16-9-10-17(25)15-19(16)27-11-13-28(14-12-27)24(31)26-22-21(23(29)30-2)18-7-5-3-4-6-8-20(18)32-22/h9-10,15H,3-8,11-14H2,1-2H3,(H,26,31). The largest absolute Gasteiger partial charge is 0.465 e. The van der Waals surface area contributed by atoms with Gasteiger partial charge in [-0.05, 0) is 68.1 Å². The van der Waals surface area contributed by atoms with Crippen molar-refractivity contribution in [3.05, 3.63) is 44.8 Å². The number of halogens is 1. The number of hydrogen-bond donors (Lipinski definition) is 1. The van der Waals surface area contributed by atoms with E-state index in [1.54, 1.807) is 11.3 Å². The summed E-state index contributed by atoms with van der Waals surface area (Å²) in [4.78, 5) is 18.5. The van der Waals surface area contributed by atoms with Crippen molar-refractivity contribution in [1.29, 1.82) is 0 Å². The number of piperazine rings is 1. The number of nitrogens with one attached hydrogen (secondary N) is 1. The van der Waals surface area contributed by atoms with Gasteiger partial charge in [0.1, 0.15) is 5.00 Å². The highest BCUT2D eigenvalue weighted by Gasteiger charge is 2.27. The third-order valence-corrected chi connectivity index (χ3v) is 8.16. The molecular formula is C24H30ClN3O2S2.